The predicted octanol–water partition coefficient (Wildman–Crippen LogP) is 9.98. The molecule has 0 aliphatic heterocycles. The average molecular weight is 535 g/mol. The first-order valence-corrected chi connectivity index (χ1v) is 12.8. The Bertz CT molecular complexity index is 1440. The lowest BCUT2D eigenvalue weighted by atomic mass is 10.2. The summed E-state index contributed by atoms with van der Waals surface area (Å²) in [7, 11) is 0. The van der Waals surface area contributed by atoms with E-state index < -0.39 is 0 Å². The summed E-state index contributed by atoms with van der Waals surface area (Å²) in [6, 6.07) is 39.3. The number of hydrogen-bond donors (Lipinski definition) is 2. The van der Waals surface area contributed by atoms with E-state index in [-0.39, 0.29) is 0 Å². The average Bonchev–Trinajstić information content (AvgIpc) is 2.93. The number of aliphatic imine (C=N–C) groups is 2. The minimum atomic E-state index is 0.697. The van der Waals surface area contributed by atoms with Gasteiger partial charge in [-0.3, -0.25) is 9.98 Å². The van der Waals surface area contributed by atoms with E-state index in [9.17, 15) is 0 Å². The summed E-state index contributed by atoms with van der Waals surface area (Å²) < 4.78 is 0. The maximum absolute atomic E-state index is 6.03. The number of halogens is 2. The maximum Gasteiger partial charge on any atom is 0.0631 e. The van der Waals surface area contributed by atoms with Gasteiger partial charge < -0.3 is 10.6 Å². The van der Waals surface area contributed by atoms with Crippen LogP contribution < -0.4 is 10.6 Å². The summed E-state index contributed by atoms with van der Waals surface area (Å²) in [5, 5.41) is 8.24. The smallest absolute Gasteiger partial charge is 0.0631 e. The lowest BCUT2D eigenvalue weighted by Gasteiger charge is -2.10. The highest BCUT2D eigenvalue weighted by atomic mass is 35.5. The van der Waals surface area contributed by atoms with Crippen LogP contribution in [0.25, 0.3) is 0 Å². The van der Waals surface area contributed by atoms with E-state index in [1.807, 2.05) is 134 Å². The van der Waals surface area contributed by atoms with Gasteiger partial charge >= 0.3 is 0 Å². The van der Waals surface area contributed by atoms with Crippen LogP contribution in [0, 0.1) is 0 Å². The molecule has 0 fully saturated rings. The van der Waals surface area contributed by atoms with Gasteiger partial charge in [0.2, 0.25) is 0 Å². The monoisotopic (exact) mass is 534 g/mol. The van der Waals surface area contributed by atoms with Crippen molar-refractivity contribution in [3.8, 4) is 0 Å². The molecular weight excluding hydrogens is 511 g/mol. The summed E-state index contributed by atoms with van der Waals surface area (Å²) >= 11 is 12.1. The second kappa shape index (κ2) is 12.2. The Balaban J connectivity index is 1.15. The van der Waals surface area contributed by atoms with Crippen molar-refractivity contribution in [1.82, 2.24) is 0 Å². The second-order valence-electron chi connectivity index (χ2n) is 8.55. The molecule has 0 saturated heterocycles. The molecule has 0 radical (unpaired) electrons. The van der Waals surface area contributed by atoms with Crippen molar-refractivity contribution in [3.05, 3.63) is 142 Å². The normalized spacial score (nSPS) is 11.2. The van der Waals surface area contributed by atoms with Crippen LogP contribution >= 0.6 is 23.2 Å². The number of nitrogens with zero attached hydrogens (tertiary/aromatic N) is 2. The first-order chi connectivity index (χ1) is 18.6. The molecule has 0 spiro atoms. The molecule has 5 aromatic rings. The molecule has 6 heteroatoms. The number of nitrogens with one attached hydrogen (secondary N) is 2. The van der Waals surface area contributed by atoms with E-state index in [0.29, 0.717) is 10.0 Å². The van der Waals surface area contributed by atoms with Crippen LogP contribution in [-0.4, -0.2) is 12.4 Å². The molecule has 2 N–H and O–H groups in total. The van der Waals surface area contributed by atoms with Crippen molar-refractivity contribution < 1.29 is 0 Å². The lowest BCUT2D eigenvalue weighted by molar-refractivity contribution is 1.48. The molecule has 0 heterocycles. The standard InChI is InChI=1S/C32H24Cl2N4/c33-25-5-1-3-23(19-25)21-35-27-7-11-29(12-8-27)37-31-15-17-32(18-16-31)38-30-13-9-28(10-14-30)36-22-24-4-2-6-26(34)20-24/h1-22,37-38H. The van der Waals surface area contributed by atoms with Crippen LogP contribution in [0.15, 0.2) is 131 Å². The summed E-state index contributed by atoms with van der Waals surface area (Å²) in [5.74, 6) is 0. The zero-order valence-corrected chi connectivity index (χ0v) is 21.9. The molecule has 0 aliphatic rings. The van der Waals surface area contributed by atoms with Gasteiger partial charge in [-0.1, -0.05) is 47.5 Å². The van der Waals surface area contributed by atoms with Crippen molar-refractivity contribution in [1.29, 1.82) is 0 Å². The molecule has 0 saturated carbocycles. The van der Waals surface area contributed by atoms with E-state index in [1.54, 1.807) is 0 Å². The molecule has 0 aromatic heterocycles. The quantitative estimate of drug-likeness (QED) is 0.194. The van der Waals surface area contributed by atoms with Crippen LogP contribution in [0.1, 0.15) is 11.1 Å². The van der Waals surface area contributed by atoms with Crippen molar-refractivity contribution in [2.75, 3.05) is 10.6 Å². The molecule has 38 heavy (non-hydrogen) atoms. The van der Waals surface area contributed by atoms with Gasteiger partial charge in [0.1, 0.15) is 0 Å². The van der Waals surface area contributed by atoms with Gasteiger partial charge in [0.05, 0.1) is 11.4 Å². The van der Waals surface area contributed by atoms with E-state index in [1.165, 1.54) is 0 Å². The predicted molar refractivity (Wildman–Crippen MR) is 163 cm³/mol. The maximum atomic E-state index is 6.03. The third kappa shape index (κ3) is 7.32. The largest absolute Gasteiger partial charge is 0.356 e. The van der Waals surface area contributed by atoms with Gasteiger partial charge in [0.15, 0.2) is 0 Å². The zero-order chi connectivity index (χ0) is 26.2. The van der Waals surface area contributed by atoms with Gasteiger partial charge in [-0.2, -0.15) is 0 Å². The number of benzene rings is 5. The molecule has 4 nitrogen and oxygen atoms in total. The van der Waals surface area contributed by atoms with Crippen molar-refractivity contribution in [3.63, 3.8) is 0 Å². The first kappa shape index (κ1) is 25.3. The fraction of sp³-hybridized carbons (Fsp3) is 0. The van der Waals surface area contributed by atoms with Crippen molar-refractivity contribution >= 4 is 69.8 Å². The Morgan fingerprint density at radius 3 is 1.13 bits per heavy atom. The van der Waals surface area contributed by atoms with Crippen LogP contribution in [0.5, 0.6) is 0 Å². The van der Waals surface area contributed by atoms with E-state index >= 15 is 0 Å². The van der Waals surface area contributed by atoms with Crippen molar-refractivity contribution in [2.24, 2.45) is 9.98 Å². The van der Waals surface area contributed by atoms with Gasteiger partial charge in [-0.05, 0) is 108 Å². The lowest BCUT2D eigenvalue weighted by Crippen LogP contribution is -1.92. The second-order valence-corrected chi connectivity index (χ2v) is 9.42. The molecule has 0 bridgehead atoms. The van der Waals surface area contributed by atoms with Gasteiger partial charge in [0, 0.05) is 45.2 Å². The van der Waals surface area contributed by atoms with E-state index in [4.69, 9.17) is 23.2 Å². The molecule has 186 valence electrons. The third-order valence-electron chi connectivity index (χ3n) is 5.62. The number of rotatable bonds is 8. The summed E-state index contributed by atoms with van der Waals surface area (Å²) in [5.41, 5.74) is 7.64. The fourth-order valence-corrected chi connectivity index (χ4v) is 4.10. The minimum Gasteiger partial charge on any atom is -0.356 e. The van der Waals surface area contributed by atoms with Crippen LogP contribution in [0.4, 0.5) is 34.1 Å². The molecule has 5 rings (SSSR count). The summed E-state index contributed by atoms with van der Waals surface area (Å²) in [4.78, 5) is 9.04. The Morgan fingerprint density at radius 1 is 0.447 bits per heavy atom. The molecule has 5 aromatic carbocycles. The molecule has 0 aliphatic carbocycles. The van der Waals surface area contributed by atoms with Crippen LogP contribution in [0.3, 0.4) is 0 Å². The zero-order valence-electron chi connectivity index (χ0n) is 20.4. The highest BCUT2D eigenvalue weighted by Crippen LogP contribution is 2.25. The molecule has 0 unspecified atom stereocenters. The SMILES string of the molecule is Clc1cccc(C=Nc2ccc(Nc3ccc(Nc4ccc(N=Cc5cccc(Cl)c5)cc4)cc3)cc2)c1. The molecule has 0 atom stereocenters. The van der Waals surface area contributed by atoms with Gasteiger partial charge in [-0.15, -0.1) is 0 Å². The minimum absolute atomic E-state index is 0.697. The van der Waals surface area contributed by atoms with Gasteiger partial charge in [-0.25, -0.2) is 0 Å². The van der Waals surface area contributed by atoms with Crippen molar-refractivity contribution in [2.45, 2.75) is 0 Å². The number of anilines is 4. The third-order valence-corrected chi connectivity index (χ3v) is 6.09. The fourth-order valence-electron chi connectivity index (χ4n) is 3.70. The Kier molecular flexibility index (Phi) is 8.14. The topological polar surface area (TPSA) is 48.8 Å². The van der Waals surface area contributed by atoms with Gasteiger partial charge in [0.25, 0.3) is 0 Å². The molecule has 0 amide bonds. The Morgan fingerprint density at radius 2 is 0.789 bits per heavy atom. The van der Waals surface area contributed by atoms with Crippen LogP contribution in [-0.2, 0) is 0 Å². The highest BCUT2D eigenvalue weighted by Gasteiger charge is 1.99. The highest BCUT2D eigenvalue weighted by molar-refractivity contribution is 6.31. The number of hydrogen-bond acceptors (Lipinski definition) is 4. The molecular formula is C32H24Cl2N4. The first-order valence-electron chi connectivity index (χ1n) is 12.0. The van der Waals surface area contributed by atoms with Crippen LogP contribution in [0.2, 0.25) is 10.0 Å². The summed E-state index contributed by atoms with van der Waals surface area (Å²) in [6.45, 7) is 0. The summed E-state index contributed by atoms with van der Waals surface area (Å²) in [6.07, 6.45) is 3.61. The van der Waals surface area contributed by atoms with E-state index in [2.05, 4.69) is 20.6 Å². The Hall–Kier alpha value is -4.38. The Labute approximate surface area is 232 Å². The van der Waals surface area contributed by atoms with E-state index in [0.717, 1.165) is 45.3 Å².